The molecule has 0 amide bonds. The third kappa shape index (κ3) is 4.19. The third-order valence-electron chi connectivity index (χ3n) is 9.99. The summed E-state index contributed by atoms with van der Waals surface area (Å²) in [7, 11) is 0. The smallest absolute Gasteiger partial charge is 0.164 e. The number of rotatable bonds is 4. The van der Waals surface area contributed by atoms with Crippen molar-refractivity contribution in [2.45, 2.75) is 19.3 Å². The molecule has 232 valence electrons. The highest BCUT2D eigenvalue weighted by Gasteiger charge is 2.39. The maximum absolute atomic E-state index is 5.04. The van der Waals surface area contributed by atoms with Crippen LogP contribution in [-0.2, 0) is 5.41 Å². The number of hydrogen-bond donors (Lipinski definition) is 0. The molecule has 3 heterocycles. The summed E-state index contributed by atoms with van der Waals surface area (Å²) in [5.41, 5.74) is 10.5. The molecule has 0 saturated heterocycles. The molecule has 0 radical (unpaired) electrons. The molecule has 3 aromatic heterocycles. The molecule has 49 heavy (non-hydrogen) atoms. The van der Waals surface area contributed by atoms with Gasteiger partial charge in [-0.1, -0.05) is 141 Å². The number of para-hydroxylation sites is 1. The van der Waals surface area contributed by atoms with Crippen LogP contribution in [0, 0.1) is 0 Å². The van der Waals surface area contributed by atoms with Gasteiger partial charge in [0.25, 0.3) is 0 Å². The van der Waals surface area contributed by atoms with Gasteiger partial charge in [0, 0.05) is 54.4 Å². The Kier molecular flexibility index (Phi) is 6.05. The molecule has 9 aromatic rings. The first kappa shape index (κ1) is 28.1. The van der Waals surface area contributed by atoms with Crippen LogP contribution >= 0.6 is 11.3 Å². The van der Waals surface area contributed by atoms with Gasteiger partial charge in [-0.3, -0.25) is 0 Å². The van der Waals surface area contributed by atoms with E-state index < -0.39 is 0 Å². The molecule has 0 aliphatic heterocycles. The van der Waals surface area contributed by atoms with Gasteiger partial charge in [0.05, 0.1) is 15.7 Å². The lowest BCUT2D eigenvalue weighted by molar-refractivity contribution is 0.674. The quantitative estimate of drug-likeness (QED) is 0.191. The van der Waals surface area contributed by atoms with Crippen LogP contribution in [0.2, 0.25) is 0 Å². The molecule has 0 saturated carbocycles. The van der Waals surface area contributed by atoms with Gasteiger partial charge in [0.1, 0.15) is 0 Å². The van der Waals surface area contributed by atoms with Crippen molar-refractivity contribution in [1.82, 2.24) is 19.5 Å². The molecular formula is C44H30N4S. The Balaban J connectivity index is 1.22. The molecule has 0 fully saturated rings. The van der Waals surface area contributed by atoms with Crippen molar-refractivity contribution in [2.24, 2.45) is 0 Å². The predicted molar refractivity (Wildman–Crippen MR) is 203 cm³/mol. The minimum atomic E-state index is -0.0513. The summed E-state index contributed by atoms with van der Waals surface area (Å²) in [5.74, 6) is 1.96. The van der Waals surface area contributed by atoms with Crippen LogP contribution in [0.1, 0.15) is 24.3 Å². The van der Waals surface area contributed by atoms with Crippen LogP contribution in [0.4, 0.5) is 0 Å². The highest BCUT2D eigenvalue weighted by Crippen LogP contribution is 2.56. The van der Waals surface area contributed by atoms with E-state index in [-0.39, 0.29) is 5.41 Å². The van der Waals surface area contributed by atoms with Gasteiger partial charge in [-0.05, 0) is 29.3 Å². The first-order valence-corrected chi connectivity index (χ1v) is 17.4. The highest BCUT2D eigenvalue weighted by molar-refractivity contribution is 7.21. The minimum Gasteiger partial charge on any atom is -0.308 e. The molecule has 1 aliphatic carbocycles. The van der Waals surface area contributed by atoms with Crippen LogP contribution < -0.4 is 0 Å². The Hall–Kier alpha value is -5.91. The second kappa shape index (κ2) is 10.5. The normalized spacial score (nSPS) is 13.3. The van der Waals surface area contributed by atoms with Gasteiger partial charge in [-0.2, -0.15) is 0 Å². The maximum Gasteiger partial charge on any atom is 0.164 e. The predicted octanol–water partition coefficient (Wildman–Crippen LogP) is 11.5. The van der Waals surface area contributed by atoms with E-state index in [0.717, 1.165) is 22.4 Å². The second-order valence-corrected chi connectivity index (χ2v) is 14.3. The maximum atomic E-state index is 5.04. The summed E-state index contributed by atoms with van der Waals surface area (Å²) in [4.78, 5) is 16.4. The minimum absolute atomic E-state index is 0.0513. The van der Waals surface area contributed by atoms with E-state index in [1.54, 1.807) is 0 Å². The van der Waals surface area contributed by atoms with E-state index in [2.05, 4.69) is 103 Å². The van der Waals surface area contributed by atoms with E-state index in [4.69, 9.17) is 15.0 Å². The molecule has 4 nitrogen and oxygen atoms in total. The Morgan fingerprint density at radius 1 is 0.531 bits per heavy atom. The van der Waals surface area contributed by atoms with Gasteiger partial charge >= 0.3 is 0 Å². The summed E-state index contributed by atoms with van der Waals surface area (Å²) in [5, 5.41) is 3.83. The van der Waals surface area contributed by atoms with E-state index in [9.17, 15) is 0 Å². The molecule has 0 unspecified atom stereocenters. The zero-order chi connectivity index (χ0) is 32.7. The van der Waals surface area contributed by atoms with Crippen LogP contribution in [0.5, 0.6) is 0 Å². The lowest BCUT2D eigenvalue weighted by Crippen LogP contribution is -2.13. The zero-order valence-corrected chi connectivity index (χ0v) is 27.9. The van der Waals surface area contributed by atoms with E-state index in [1.807, 2.05) is 72.0 Å². The second-order valence-electron chi connectivity index (χ2n) is 13.3. The van der Waals surface area contributed by atoms with Crippen LogP contribution in [0.25, 0.3) is 82.9 Å². The Morgan fingerprint density at radius 2 is 1.12 bits per heavy atom. The van der Waals surface area contributed by atoms with Crippen molar-refractivity contribution in [2.75, 3.05) is 0 Å². The largest absolute Gasteiger partial charge is 0.308 e. The fraction of sp³-hybridized carbons (Fsp3) is 0.0682. The van der Waals surface area contributed by atoms with Gasteiger partial charge < -0.3 is 4.57 Å². The summed E-state index contributed by atoms with van der Waals surface area (Å²) in [6.45, 7) is 4.73. The zero-order valence-electron chi connectivity index (χ0n) is 27.1. The van der Waals surface area contributed by atoms with Crippen LogP contribution in [0.15, 0.2) is 146 Å². The first-order valence-electron chi connectivity index (χ1n) is 16.6. The molecule has 0 bridgehead atoms. The Bertz CT molecular complexity index is 2680. The standard InChI is InChI=1S/C44H30N4S/c1-44(2)35-22-11-9-21-33(35)37-34-25-24-32-31-20-10-12-23-36(31)48(38(32)39(34)49-40(37)44)30-19-13-18-29(26-30)43-46-41(27-14-5-3-6-15-27)45-42(47-43)28-16-7-4-8-17-28/h3-26H,1-2H3. The Labute approximate surface area is 288 Å². The number of thiophene rings is 1. The lowest BCUT2D eigenvalue weighted by atomic mass is 9.87. The van der Waals surface area contributed by atoms with Gasteiger partial charge in [0.15, 0.2) is 17.5 Å². The van der Waals surface area contributed by atoms with Crippen molar-refractivity contribution in [3.63, 3.8) is 0 Å². The molecule has 6 aromatic carbocycles. The lowest BCUT2D eigenvalue weighted by Gasteiger charge is -2.19. The van der Waals surface area contributed by atoms with Crippen LogP contribution in [0.3, 0.4) is 0 Å². The third-order valence-corrected chi connectivity index (χ3v) is 11.5. The Morgan fingerprint density at radius 3 is 1.86 bits per heavy atom. The molecule has 0 atom stereocenters. The molecule has 1 aliphatic rings. The fourth-order valence-electron chi connectivity index (χ4n) is 7.67. The molecule has 10 rings (SSSR count). The summed E-state index contributed by atoms with van der Waals surface area (Å²) < 4.78 is 3.77. The monoisotopic (exact) mass is 646 g/mol. The highest BCUT2D eigenvalue weighted by atomic mass is 32.1. The van der Waals surface area contributed by atoms with E-state index in [1.165, 1.54) is 53.5 Å². The van der Waals surface area contributed by atoms with Crippen molar-refractivity contribution in [1.29, 1.82) is 0 Å². The van der Waals surface area contributed by atoms with Gasteiger partial charge in [0.2, 0.25) is 0 Å². The van der Waals surface area contributed by atoms with E-state index in [0.29, 0.717) is 17.5 Å². The number of nitrogens with zero attached hydrogens (tertiary/aromatic N) is 4. The molecule has 0 N–H and O–H groups in total. The topological polar surface area (TPSA) is 43.6 Å². The number of benzene rings is 6. The summed E-state index contributed by atoms with van der Waals surface area (Å²) >= 11 is 1.95. The number of aromatic nitrogens is 4. The fourth-order valence-corrected chi connectivity index (χ4v) is 9.14. The van der Waals surface area contributed by atoms with Gasteiger partial charge in [-0.15, -0.1) is 11.3 Å². The summed E-state index contributed by atoms with van der Waals surface area (Å²) in [6.07, 6.45) is 0. The van der Waals surface area contributed by atoms with Gasteiger partial charge in [-0.25, -0.2) is 15.0 Å². The van der Waals surface area contributed by atoms with Crippen molar-refractivity contribution >= 4 is 43.2 Å². The van der Waals surface area contributed by atoms with Crippen molar-refractivity contribution in [3.8, 4) is 51.0 Å². The van der Waals surface area contributed by atoms with Crippen LogP contribution in [-0.4, -0.2) is 19.5 Å². The molecule has 5 heteroatoms. The average molecular weight is 647 g/mol. The SMILES string of the molecule is CC1(C)c2ccccc2-c2c1sc1c2ccc2c3ccccc3n(-c3cccc(-c4nc(-c5ccccc5)nc(-c5ccccc5)n4)c3)c21. The first-order chi connectivity index (χ1) is 24.1. The molecular weight excluding hydrogens is 617 g/mol. The molecule has 0 spiro atoms. The summed E-state index contributed by atoms with van der Waals surface area (Å²) in [6, 6.07) is 51.3. The number of hydrogen-bond acceptors (Lipinski definition) is 4. The number of fused-ring (bicyclic) bond motifs is 9. The van der Waals surface area contributed by atoms with E-state index >= 15 is 0 Å². The van der Waals surface area contributed by atoms with Crippen molar-refractivity contribution < 1.29 is 0 Å². The van der Waals surface area contributed by atoms with Crippen molar-refractivity contribution in [3.05, 3.63) is 156 Å². The average Bonchev–Trinajstić information content (AvgIpc) is 3.79.